The maximum atomic E-state index is 4.58. The molecule has 0 aliphatic carbocycles. The molecule has 2 aromatic heterocycles. The van der Waals surface area contributed by atoms with Crippen LogP contribution >= 0.6 is 27.3 Å². The molecule has 22 heavy (non-hydrogen) atoms. The molecule has 0 unspecified atom stereocenters. The van der Waals surface area contributed by atoms with Gasteiger partial charge in [-0.25, -0.2) is 4.68 Å². The van der Waals surface area contributed by atoms with E-state index in [9.17, 15) is 0 Å². The summed E-state index contributed by atoms with van der Waals surface area (Å²) >= 11 is 5.08. The lowest BCUT2D eigenvalue weighted by Gasteiger charge is -2.03. The minimum atomic E-state index is 0.847. The smallest absolute Gasteiger partial charge is 0.205 e. The molecule has 0 fully saturated rings. The van der Waals surface area contributed by atoms with Crippen molar-refractivity contribution < 1.29 is 0 Å². The zero-order chi connectivity index (χ0) is 15.4. The van der Waals surface area contributed by atoms with Crippen LogP contribution < -0.4 is 4.80 Å². The van der Waals surface area contributed by atoms with E-state index in [2.05, 4.69) is 48.5 Å². The average Bonchev–Trinajstić information content (AvgIpc) is 2.97. The Morgan fingerprint density at radius 1 is 1.23 bits per heavy atom. The van der Waals surface area contributed by atoms with Crippen LogP contribution in [0.1, 0.15) is 5.56 Å². The molecule has 0 atom stereocenters. The molecular formula is C16H13BrN4S. The quantitative estimate of drug-likeness (QED) is 0.645. The molecule has 0 aliphatic rings. The third-order valence-corrected chi connectivity index (χ3v) is 4.43. The third-order valence-electron chi connectivity index (χ3n) is 3.03. The first kappa shape index (κ1) is 14.9. The Bertz CT molecular complexity index is 865. The highest BCUT2D eigenvalue weighted by Crippen LogP contribution is 2.23. The highest BCUT2D eigenvalue weighted by Gasteiger charge is 2.07. The zero-order valence-corrected chi connectivity index (χ0v) is 14.3. The Morgan fingerprint density at radius 3 is 2.77 bits per heavy atom. The molecule has 0 spiro atoms. The molecule has 3 rings (SSSR count). The zero-order valence-electron chi connectivity index (χ0n) is 11.8. The average molecular weight is 373 g/mol. The second-order valence-electron chi connectivity index (χ2n) is 4.47. The number of hydrogen-bond donors (Lipinski definition) is 0. The van der Waals surface area contributed by atoms with Crippen molar-refractivity contribution in [3.05, 3.63) is 69.0 Å². The van der Waals surface area contributed by atoms with Gasteiger partial charge < -0.3 is 0 Å². The predicted molar refractivity (Wildman–Crippen MR) is 94.2 cm³/mol. The number of thiazole rings is 1. The second-order valence-corrected chi connectivity index (χ2v) is 6.23. The Balaban J connectivity index is 2.07. The van der Waals surface area contributed by atoms with Gasteiger partial charge in [0.1, 0.15) is 0 Å². The molecule has 0 radical (unpaired) electrons. The van der Waals surface area contributed by atoms with Crippen LogP contribution in [0.4, 0.5) is 0 Å². The summed E-state index contributed by atoms with van der Waals surface area (Å²) in [6, 6.07) is 12.0. The molecular weight excluding hydrogens is 360 g/mol. The molecule has 0 bridgehead atoms. The van der Waals surface area contributed by atoms with E-state index in [1.807, 2.05) is 35.2 Å². The topological polar surface area (TPSA) is 42.5 Å². The van der Waals surface area contributed by atoms with Crippen LogP contribution in [-0.2, 0) is 0 Å². The number of halogens is 1. The van der Waals surface area contributed by atoms with Gasteiger partial charge in [0, 0.05) is 34.9 Å². The standard InChI is InChI=1S/C16H13BrN4S/c1-18-16-21(20-10-12-5-7-19-8-6-12)15(11-22-16)13-3-2-4-14(17)9-13/h2-11H,1H3/b18-16?,20-10+. The molecule has 6 heteroatoms. The van der Waals surface area contributed by atoms with Crippen LogP contribution in [0.15, 0.2) is 68.7 Å². The number of benzene rings is 1. The van der Waals surface area contributed by atoms with Gasteiger partial charge in [0.2, 0.25) is 4.80 Å². The van der Waals surface area contributed by atoms with E-state index >= 15 is 0 Å². The molecule has 110 valence electrons. The lowest BCUT2D eigenvalue weighted by Crippen LogP contribution is -2.11. The fraction of sp³-hybridized carbons (Fsp3) is 0.0625. The van der Waals surface area contributed by atoms with Gasteiger partial charge >= 0.3 is 0 Å². The van der Waals surface area contributed by atoms with Crippen molar-refractivity contribution >= 4 is 33.5 Å². The van der Waals surface area contributed by atoms with Crippen molar-refractivity contribution in [3.63, 3.8) is 0 Å². The summed E-state index contributed by atoms with van der Waals surface area (Å²) in [7, 11) is 1.77. The molecule has 3 aromatic rings. The van der Waals surface area contributed by atoms with Crippen LogP contribution in [0.2, 0.25) is 0 Å². The first-order valence-corrected chi connectivity index (χ1v) is 8.29. The van der Waals surface area contributed by atoms with Crippen molar-refractivity contribution in [2.75, 3.05) is 7.05 Å². The molecule has 0 saturated carbocycles. The number of hydrogen-bond acceptors (Lipinski definition) is 4. The van der Waals surface area contributed by atoms with Crippen LogP contribution in [0, 0.1) is 0 Å². The summed E-state index contributed by atoms with van der Waals surface area (Å²) in [5.41, 5.74) is 3.10. The van der Waals surface area contributed by atoms with Crippen molar-refractivity contribution in [3.8, 4) is 11.3 Å². The number of aromatic nitrogens is 2. The molecule has 0 aliphatic heterocycles. The summed E-state index contributed by atoms with van der Waals surface area (Å²) in [6.45, 7) is 0. The Kier molecular flexibility index (Phi) is 4.60. The van der Waals surface area contributed by atoms with E-state index in [1.165, 1.54) is 0 Å². The lowest BCUT2D eigenvalue weighted by atomic mass is 10.2. The van der Waals surface area contributed by atoms with Crippen LogP contribution in [0.3, 0.4) is 0 Å². The Hall–Kier alpha value is -2.05. The highest BCUT2D eigenvalue weighted by molar-refractivity contribution is 9.10. The van der Waals surface area contributed by atoms with Gasteiger partial charge in [0.25, 0.3) is 0 Å². The van der Waals surface area contributed by atoms with Gasteiger partial charge in [-0.15, -0.1) is 11.3 Å². The number of pyridine rings is 1. The van der Waals surface area contributed by atoms with E-state index in [0.29, 0.717) is 0 Å². The number of nitrogens with zero attached hydrogens (tertiary/aromatic N) is 4. The van der Waals surface area contributed by atoms with Gasteiger partial charge in [-0.3, -0.25) is 9.98 Å². The molecule has 2 heterocycles. The lowest BCUT2D eigenvalue weighted by molar-refractivity contribution is 0.848. The van der Waals surface area contributed by atoms with Crippen LogP contribution in [0.5, 0.6) is 0 Å². The minimum absolute atomic E-state index is 0.847. The Morgan fingerprint density at radius 2 is 2.05 bits per heavy atom. The molecule has 1 aromatic carbocycles. The van der Waals surface area contributed by atoms with Gasteiger partial charge in [0.05, 0.1) is 11.9 Å². The van der Waals surface area contributed by atoms with Gasteiger partial charge in [-0.1, -0.05) is 28.1 Å². The molecule has 0 amide bonds. The normalized spacial score (nSPS) is 12.2. The SMILES string of the molecule is CN=c1scc(-c2cccc(Br)c2)n1/N=C/c1ccncc1. The largest absolute Gasteiger partial charge is 0.265 e. The summed E-state index contributed by atoms with van der Waals surface area (Å²) in [5, 5.41) is 6.64. The summed E-state index contributed by atoms with van der Waals surface area (Å²) < 4.78 is 2.89. The fourth-order valence-electron chi connectivity index (χ4n) is 1.98. The van der Waals surface area contributed by atoms with E-state index in [1.54, 1.807) is 30.8 Å². The van der Waals surface area contributed by atoms with Gasteiger partial charge in [-0.2, -0.15) is 5.10 Å². The second kappa shape index (κ2) is 6.81. The van der Waals surface area contributed by atoms with E-state index in [4.69, 9.17) is 0 Å². The van der Waals surface area contributed by atoms with Crippen molar-refractivity contribution in [2.24, 2.45) is 10.1 Å². The summed E-state index contributed by atoms with van der Waals surface area (Å²) in [6.07, 6.45) is 5.31. The molecule has 0 N–H and O–H groups in total. The Labute approximate surface area is 140 Å². The first-order chi connectivity index (χ1) is 10.8. The van der Waals surface area contributed by atoms with Crippen LogP contribution in [-0.4, -0.2) is 22.9 Å². The van der Waals surface area contributed by atoms with Crippen molar-refractivity contribution in [1.29, 1.82) is 0 Å². The van der Waals surface area contributed by atoms with E-state index < -0.39 is 0 Å². The fourth-order valence-corrected chi connectivity index (χ4v) is 3.19. The maximum Gasteiger partial charge on any atom is 0.205 e. The van der Waals surface area contributed by atoms with E-state index in [-0.39, 0.29) is 0 Å². The highest BCUT2D eigenvalue weighted by atomic mass is 79.9. The summed E-state index contributed by atoms with van der Waals surface area (Å²) in [4.78, 5) is 9.15. The van der Waals surface area contributed by atoms with Gasteiger partial charge in [0.15, 0.2) is 0 Å². The van der Waals surface area contributed by atoms with E-state index in [0.717, 1.165) is 26.1 Å². The van der Waals surface area contributed by atoms with Crippen molar-refractivity contribution in [2.45, 2.75) is 0 Å². The van der Waals surface area contributed by atoms with Gasteiger partial charge in [-0.05, 0) is 29.8 Å². The summed E-state index contributed by atoms with van der Waals surface area (Å²) in [5.74, 6) is 0. The monoisotopic (exact) mass is 372 g/mol. The number of rotatable bonds is 3. The molecule has 4 nitrogen and oxygen atoms in total. The third kappa shape index (κ3) is 3.23. The van der Waals surface area contributed by atoms with Crippen molar-refractivity contribution in [1.82, 2.24) is 9.66 Å². The minimum Gasteiger partial charge on any atom is -0.265 e. The first-order valence-electron chi connectivity index (χ1n) is 6.61. The maximum absolute atomic E-state index is 4.58. The molecule has 0 saturated heterocycles. The van der Waals surface area contributed by atoms with Crippen LogP contribution in [0.25, 0.3) is 11.3 Å². The predicted octanol–water partition coefficient (Wildman–Crippen LogP) is 3.79.